The Morgan fingerprint density at radius 1 is 1.13 bits per heavy atom. The molecule has 4 aliphatic rings. The summed E-state index contributed by atoms with van der Waals surface area (Å²) in [5.41, 5.74) is 3.39. The predicted molar refractivity (Wildman–Crippen MR) is 129 cm³/mol. The van der Waals surface area contributed by atoms with Gasteiger partial charge in [-0.3, -0.25) is 4.79 Å². The fraction of sp³-hybridized carbons (Fsp3) is 0.828. The summed E-state index contributed by atoms with van der Waals surface area (Å²) in [5.74, 6) is 4.49. The molecule has 1 N–H and O–H groups in total. The molecule has 0 aromatic rings. The van der Waals surface area contributed by atoms with Gasteiger partial charge in [0, 0.05) is 0 Å². The molecule has 174 valence electrons. The first-order valence-electron chi connectivity index (χ1n) is 13.2. The summed E-state index contributed by atoms with van der Waals surface area (Å²) in [6.45, 7) is 13.6. The van der Waals surface area contributed by atoms with Crippen LogP contribution in [-0.4, -0.2) is 17.0 Å². The van der Waals surface area contributed by atoms with Crippen molar-refractivity contribution in [2.75, 3.05) is 0 Å². The predicted octanol–water partition coefficient (Wildman–Crippen LogP) is 7.12. The number of carbonyl (C=O) groups excluding carboxylic acids is 1. The van der Waals surface area contributed by atoms with Crippen LogP contribution in [0.25, 0.3) is 0 Å². The van der Waals surface area contributed by atoms with E-state index in [9.17, 15) is 9.90 Å². The van der Waals surface area contributed by atoms with E-state index in [-0.39, 0.29) is 11.9 Å². The maximum Gasteiger partial charge on any atom is 0.155 e. The Hall–Kier alpha value is -0.890. The third-order valence-corrected chi connectivity index (χ3v) is 10.6. The first-order valence-corrected chi connectivity index (χ1v) is 13.2. The smallest absolute Gasteiger partial charge is 0.155 e. The second kappa shape index (κ2) is 8.47. The van der Waals surface area contributed by atoms with Gasteiger partial charge in [0.15, 0.2) is 5.78 Å². The Balaban J connectivity index is 1.52. The summed E-state index contributed by atoms with van der Waals surface area (Å²) >= 11 is 0. The van der Waals surface area contributed by atoms with Crippen LogP contribution in [0.1, 0.15) is 99.3 Å². The molecule has 8 atom stereocenters. The summed E-state index contributed by atoms with van der Waals surface area (Å²) in [5, 5.41) is 10.2. The molecule has 0 radical (unpaired) electrons. The molecule has 0 amide bonds. The average Bonchev–Trinajstić information content (AvgIpc) is 3.05. The van der Waals surface area contributed by atoms with Crippen LogP contribution >= 0.6 is 0 Å². The summed E-state index contributed by atoms with van der Waals surface area (Å²) < 4.78 is 0. The molecule has 31 heavy (non-hydrogen) atoms. The van der Waals surface area contributed by atoms with Crippen LogP contribution in [0.15, 0.2) is 23.3 Å². The lowest BCUT2D eigenvalue weighted by atomic mass is 9.47. The monoisotopic (exact) mass is 426 g/mol. The number of rotatable bonds is 5. The van der Waals surface area contributed by atoms with E-state index in [1.54, 1.807) is 12.5 Å². The fourth-order valence-electron chi connectivity index (χ4n) is 8.88. The fourth-order valence-corrected chi connectivity index (χ4v) is 8.88. The number of aliphatic hydroxyl groups excluding tert-OH is 1. The van der Waals surface area contributed by atoms with E-state index >= 15 is 0 Å². The lowest BCUT2D eigenvalue weighted by molar-refractivity contribution is -0.114. The van der Waals surface area contributed by atoms with Gasteiger partial charge in [-0.25, -0.2) is 0 Å². The highest BCUT2D eigenvalue weighted by Gasteiger charge is 2.59. The molecule has 3 fully saturated rings. The number of ketones is 1. The minimum atomic E-state index is -0.111. The van der Waals surface area contributed by atoms with Gasteiger partial charge >= 0.3 is 0 Å². The van der Waals surface area contributed by atoms with Crippen molar-refractivity contribution in [2.45, 2.75) is 105 Å². The van der Waals surface area contributed by atoms with Crippen molar-refractivity contribution in [2.24, 2.45) is 46.3 Å². The number of aliphatic hydroxyl groups is 1. The number of carbonyl (C=O) groups is 1. The Bertz CT molecular complexity index is 761. The van der Waals surface area contributed by atoms with Crippen LogP contribution in [0.5, 0.6) is 0 Å². The average molecular weight is 427 g/mol. The summed E-state index contributed by atoms with van der Waals surface area (Å²) in [6, 6.07) is 0. The van der Waals surface area contributed by atoms with Crippen molar-refractivity contribution >= 4 is 5.78 Å². The van der Waals surface area contributed by atoms with Gasteiger partial charge in [0.2, 0.25) is 0 Å². The SMILES string of the molecule is CC(=O)/C(=C/C[C@@H](C)[C@H]1CC[C@H]2[C@@H]3CC=C4C[C@@H](O)CC[C@]4(C)[C@H]3CC[C@]12C)C(C)C. The molecule has 0 unspecified atom stereocenters. The molecule has 2 heteroatoms. The topological polar surface area (TPSA) is 37.3 Å². The van der Waals surface area contributed by atoms with Gasteiger partial charge in [0.1, 0.15) is 0 Å². The highest BCUT2D eigenvalue weighted by molar-refractivity contribution is 5.93. The summed E-state index contributed by atoms with van der Waals surface area (Å²) in [7, 11) is 0. The lowest BCUT2D eigenvalue weighted by Gasteiger charge is -2.58. The second-order valence-electron chi connectivity index (χ2n) is 12.5. The molecule has 0 saturated heterocycles. The number of hydrogen-bond acceptors (Lipinski definition) is 2. The van der Waals surface area contributed by atoms with Gasteiger partial charge in [-0.05, 0) is 117 Å². The Labute approximate surface area is 191 Å². The molecule has 0 heterocycles. The number of fused-ring (bicyclic) bond motifs is 5. The minimum absolute atomic E-state index is 0.111. The molecular weight excluding hydrogens is 380 g/mol. The molecule has 4 rings (SSSR count). The third-order valence-electron chi connectivity index (χ3n) is 10.6. The van der Waals surface area contributed by atoms with Gasteiger partial charge in [0.05, 0.1) is 6.10 Å². The van der Waals surface area contributed by atoms with Gasteiger partial charge in [-0.15, -0.1) is 0 Å². The van der Waals surface area contributed by atoms with E-state index in [0.717, 1.165) is 48.5 Å². The number of allylic oxidation sites excluding steroid dienone is 3. The van der Waals surface area contributed by atoms with Crippen LogP contribution in [0, 0.1) is 46.3 Å². The van der Waals surface area contributed by atoms with Crippen molar-refractivity contribution in [1.82, 2.24) is 0 Å². The lowest BCUT2D eigenvalue weighted by Crippen LogP contribution is -2.50. The molecule has 2 nitrogen and oxygen atoms in total. The normalized spacial score (nSPS) is 43.7. The molecule has 0 bridgehead atoms. The van der Waals surface area contributed by atoms with Crippen LogP contribution < -0.4 is 0 Å². The number of hydrogen-bond donors (Lipinski definition) is 1. The zero-order valence-corrected chi connectivity index (χ0v) is 20.9. The molecule has 3 saturated carbocycles. The Morgan fingerprint density at radius 2 is 1.87 bits per heavy atom. The third kappa shape index (κ3) is 3.90. The van der Waals surface area contributed by atoms with E-state index in [1.807, 2.05) is 0 Å². The van der Waals surface area contributed by atoms with E-state index < -0.39 is 0 Å². The molecule has 4 aliphatic carbocycles. The van der Waals surface area contributed by atoms with Gasteiger partial charge in [-0.1, -0.05) is 52.3 Å². The van der Waals surface area contributed by atoms with Crippen molar-refractivity contribution < 1.29 is 9.90 Å². The first-order chi connectivity index (χ1) is 14.6. The molecule has 0 aromatic carbocycles. The van der Waals surface area contributed by atoms with Crippen molar-refractivity contribution in [1.29, 1.82) is 0 Å². The van der Waals surface area contributed by atoms with E-state index in [4.69, 9.17) is 0 Å². The van der Waals surface area contributed by atoms with E-state index in [1.165, 1.54) is 38.5 Å². The van der Waals surface area contributed by atoms with E-state index in [2.05, 4.69) is 46.8 Å². The molecule has 0 spiro atoms. The Morgan fingerprint density at radius 3 is 2.55 bits per heavy atom. The van der Waals surface area contributed by atoms with Crippen LogP contribution in [0.3, 0.4) is 0 Å². The Kier molecular flexibility index (Phi) is 6.36. The van der Waals surface area contributed by atoms with Crippen molar-refractivity contribution in [3.05, 3.63) is 23.3 Å². The quantitative estimate of drug-likeness (QED) is 0.375. The van der Waals surface area contributed by atoms with Gasteiger partial charge < -0.3 is 5.11 Å². The van der Waals surface area contributed by atoms with Crippen molar-refractivity contribution in [3.63, 3.8) is 0 Å². The van der Waals surface area contributed by atoms with Gasteiger partial charge in [-0.2, -0.15) is 0 Å². The summed E-state index contributed by atoms with van der Waals surface area (Å²) in [4.78, 5) is 12.0. The van der Waals surface area contributed by atoms with Crippen LogP contribution in [-0.2, 0) is 4.79 Å². The van der Waals surface area contributed by atoms with Crippen LogP contribution in [0.4, 0.5) is 0 Å². The highest BCUT2D eigenvalue weighted by Crippen LogP contribution is 2.67. The minimum Gasteiger partial charge on any atom is -0.393 e. The van der Waals surface area contributed by atoms with Crippen LogP contribution in [0.2, 0.25) is 0 Å². The molecule has 0 aliphatic heterocycles. The highest BCUT2D eigenvalue weighted by atomic mass is 16.3. The maximum absolute atomic E-state index is 12.0. The van der Waals surface area contributed by atoms with Crippen molar-refractivity contribution in [3.8, 4) is 0 Å². The number of Topliss-reactive ketones (excluding diaryl/α,β-unsaturated/α-hetero) is 1. The molecular formula is C29H46O2. The standard InChI is InChI=1S/C29H46O2/c1-18(2)23(20(4)30)9-7-19(3)25-11-12-26-24-10-8-21-17-22(31)13-15-28(21,5)27(24)14-16-29(25,26)6/h8-9,18-19,22,24-27,31H,7,10-17H2,1-6H3/b23-9+/t19-,22+,24+,25-,26+,27+,28+,29-/m1/s1. The first kappa shape index (κ1) is 23.3. The second-order valence-corrected chi connectivity index (χ2v) is 12.5. The zero-order chi connectivity index (χ0) is 22.6. The zero-order valence-electron chi connectivity index (χ0n) is 20.9. The van der Waals surface area contributed by atoms with Gasteiger partial charge in [0.25, 0.3) is 0 Å². The summed E-state index contributed by atoms with van der Waals surface area (Å²) in [6.07, 6.45) is 15.6. The molecule has 0 aromatic heterocycles. The van der Waals surface area contributed by atoms with E-state index in [0.29, 0.717) is 22.7 Å². The maximum atomic E-state index is 12.0. The largest absolute Gasteiger partial charge is 0.393 e.